The molecular formula is C23H26O. The lowest BCUT2D eigenvalue weighted by molar-refractivity contribution is 0.340. The second-order valence-corrected chi connectivity index (χ2v) is 6.69. The summed E-state index contributed by atoms with van der Waals surface area (Å²) in [6.45, 7) is 4.85. The van der Waals surface area contributed by atoms with Gasteiger partial charge in [0.05, 0.1) is 6.61 Å². The molecule has 24 heavy (non-hydrogen) atoms. The molecule has 0 aromatic heterocycles. The summed E-state index contributed by atoms with van der Waals surface area (Å²) in [6, 6.07) is 17.2. The van der Waals surface area contributed by atoms with Gasteiger partial charge in [0, 0.05) is 11.5 Å². The molecule has 0 unspecified atom stereocenters. The smallest absolute Gasteiger partial charge is 0.119 e. The van der Waals surface area contributed by atoms with Crippen LogP contribution in [0.5, 0.6) is 5.75 Å². The fraction of sp³-hybridized carbons (Fsp3) is 0.391. The van der Waals surface area contributed by atoms with Gasteiger partial charge in [0.1, 0.15) is 5.75 Å². The van der Waals surface area contributed by atoms with E-state index in [1.54, 1.807) is 0 Å². The Balaban J connectivity index is 1.54. The fourth-order valence-electron chi connectivity index (χ4n) is 3.40. The molecule has 0 bridgehead atoms. The fourth-order valence-corrected chi connectivity index (χ4v) is 3.40. The van der Waals surface area contributed by atoms with Crippen molar-refractivity contribution in [2.45, 2.75) is 45.4 Å². The Morgan fingerprint density at radius 1 is 0.917 bits per heavy atom. The molecule has 1 saturated carbocycles. The van der Waals surface area contributed by atoms with Crippen LogP contribution in [0.4, 0.5) is 0 Å². The minimum atomic E-state index is 0.540. The van der Waals surface area contributed by atoms with Gasteiger partial charge in [0.25, 0.3) is 0 Å². The molecule has 0 heterocycles. The lowest BCUT2D eigenvalue weighted by Gasteiger charge is -2.26. The standard InChI is InChI=1S/C23H26O/c1-3-24-23-16-10-20(11-17-23)7-6-19-8-14-22(15-9-19)21-12-4-18(2)5-13-21/h4-5,10-13,16-17,19,22H,3,8-9,14-15H2,1-2H3/t19-,22-. The normalized spacial score (nSPS) is 20.1. The van der Waals surface area contributed by atoms with Crippen molar-refractivity contribution in [3.63, 3.8) is 0 Å². The summed E-state index contributed by atoms with van der Waals surface area (Å²) >= 11 is 0. The van der Waals surface area contributed by atoms with Crippen LogP contribution in [-0.2, 0) is 0 Å². The van der Waals surface area contributed by atoms with E-state index in [4.69, 9.17) is 4.74 Å². The Morgan fingerprint density at radius 3 is 2.21 bits per heavy atom. The van der Waals surface area contributed by atoms with Crippen molar-refractivity contribution >= 4 is 0 Å². The summed E-state index contributed by atoms with van der Waals surface area (Å²) in [4.78, 5) is 0. The first-order chi connectivity index (χ1) is 11.7. The van der Waals surface area contributed by atoms with Crippen LogP contribution in [0.1, 0.15) is 55.2 Å². The number of hydrogen-bond donors (Lipinski definition) is 0. The van der Waals surface area contributed by atoms with E-state index >= 15 is 0 Å². The molecule has 1 fully saturated rings. The maximum absolute atomic E-state index is 5.47. The second-order valence-electron chi connectivity index (χ2n) is 6.69. The van der Waals surface area contributed by atoms with Crippen LogP contribution in [0.2, 0.25) is 0 Å². The van der Waals surface area contributed by atoms with E-state index in [2.05, 4.69) is 55.2 Å². The Bertz CT molecular complexity index is 692. The van der Waals surface area contributed by atoms with Gasteiger partial charge < -0.3 is 4.74 Å². The molecule has 1 heteroatoms. The molecule has 2 aromatic carbocycles. The third-order valence-corrected chi connectivity index (χ3v) is 4.86. The SMILES string of the molecule is CCOc1ccc(C#C[C@H]2CC[C@H](c3ccc(C)cc3)CC2)cc1. The van der Waals surface area contributed by atoms with Crippen molar-refractivity contribution in [3.8, 4) is 17.6 Å². The highest BCUT2D eigenvalue weighted by molar-refractivity contribution is 5.38. The number of rotatable bonds is 3. The highest BCUT2D eigenvalue weighted by Crippen LogP contribution is 2.35. The number of benzene rings is 2. The van der Waals surface area contributed by atoms with Crippen molar-refractivity contribution in [1.82, 2.24) is 0 Å². The molecule has 1 nitrogen and oxygen atoms in total. The van der Waals surface area contributed by atoms with Gasteiger partial charge in [-0.25, -0.2) is 0 Å². The quantitative estimate of drug-likeness (QED) is 0.658. The minimum absolute atomic E-state index is 0.540. The van der Waals surface area contributed by atoms with E-state index in [1.807, 2.05) is 19.1 Å². The molecule has 1 aliphatic rings. The summed E-state index contributed by atoms with van der Waals surface area (Å²) in [7, 11) is 0. The third kappa shape index (κ3) is 4.42. The Morgan fingerprint density at radius 2 is 1.58 bits per heavy atom. The van der Waals surface area contributed by atoms with Crippen molar-refractivity contribution in [2.75, 3.05) is 6.61 Å². The molecule has 1 aliphatic carbocycles. The van der Waals surface area contributed by atoms with Gasteiger partial charge in [-0.1, -0.05) is 41.7 Å². The van der Waals surface area contributed by atoms with Crippen LogP contribution in [0.15, 0.2) is 48.5 Å². The molecule has 0 amide bonds. The third-order valence-electron chi connectivity index (χ3n) is 4.86. The highest BCUT2D eigenvalue weighted by Gasteiger charge is 2.20. The van der Waals surface area contributed by atoms with Crippen LogP contribution in [0, 0.1) is 24.7 Å². The van der Waals surface area contributed by atoms with Crippen LogP contribution in [0.3, 0.4) is 0 Å². The average molecular weight is 318 g/mol. The predicted molar refractivity (Wildman–Crippen MR) is 100 cm³/mol. The number of hydrogen-bond acceptors (Lipinski definition) is 1. The first-order valence-corrected chi connectivity index (χ1v) is 9.05. The zero-order chi connectivity index (χ0) is 16.8. The lowest BCUT2D eigenvalue weighted by atomic mass is 9.79. The Hall–Kier alpha value is -2.20. The van der Waals surface area contributed by atoms with Gasteiger partial charge in [-0.2, -0.15) is 0 Å². The largest absolute Gasteiger partial charge is 0.494 e. The molecule has 124 valence electrons. The highest BCUT2D eigenvalue weighted by atomic mass is 16.5. The van der Waals surface area contributed by atoms with Crippen LogP contribution < -0.4 is 4.74 Å². The van der Waals surface area contributed by atoms with Crippen LogP contribution in [0.25, 0.3) is 0 Å². The summed E-state index contributed by atoms with van der Waals surface area (Å²) in [5.41, 5.74) is 3.92. The van der Waals surface area contributed by atoms with Crippen molar-refractivity contribution in [1.29, 1.82) is 0 Å². The maximum atomic E-state index is 5.47. The minimum Gasteiger partial charge on any atom is -0.494 e. The van der Waals surface area contributed by atoms with Gasteiger partial charge in [-0.05, 0) is 75.3 Å². The summed E-state index contributed by atoms with van der Waals surface area (Å²) < 4.78 is 5.47. The van der Waals surface area contributed by atoms with Gasteiger partial charge in [0.2, 0.25) is 0 Å². The van der Waals surface area contributed by atoms with Gasteiger partial charge in [0.15, 0.2) is 0 Å². The maximum Gasteiger partial charge on any atom is 0.119 e. The molecule has 0 atom stereocenters. The molecule has 2 aromatic rings. The predicted octanol–water partition coefficient (Wildman–Crippen LogP) is 5.72. The zero-order valence-corrected chi connectivity index (χ0v) is 14.7. The molecule has 0 saturated heterocycles. The van der Waals surface area contributed by atoms with Crippen LogP contribution >= 0.6 is 0 Å². The molecule has 0 N–H and O–H groups in total. The molecule has 0 aliphatic heterocycles. The van der Waals surface area contributed by atoms with Gasteiger partial charge in [-0.15, -0.1) is 0 Å². The Labute approximate surface area is 146 Å². The molecule has 3 rings (SSSR count). The lowest BCUT2D eigenvalue weighted by Crippen LogP contribution is -2.12. The molecular weight excluding hydrogens is 292 g/mol. The Kier molecular flexibility index (Phi) is 5.59. The summed E-state index contributed by atoms with van der Waals surface area (Å²) in [5.74, 6) is 8.99. The summed E-state index contributed by atoms with van der Waals surface area (Å²) in [6.07, 6.45) is 4.93. The monoisotopic (exact) mass is 318 g/mol. The van der Waals surface area contributed by atoms with Crippen molar-refractivity contribution < 1.29 is 4.74 Å². The molecule has 0 spiro atoms. The summed E-state index contributed by atoms with van der Waals surface area (Å²) in [5, 5.41) is 0. The number of aryl methyl sites for hydroxylation is 1. The number of ether oxygens (including phenoxy) is 1. The van der Waals surface area contributed by atoms with E-state index in [-0.39, 0.29) is 0 Å². The van der Waals surface area contributed by atoms with Gasteiger partial charge >= 0.3 is 0 Å². The van der Waals surface area contributed by atoms with Crippen molar-refractivity contribution in [2.24, 2.45) is 5.92 Å². The van der Waals surface area contributed by atoms with E-state index in [0.29, 0.717) is 18.4 Å². The van der Waals surface area contributed by atoms with Gasteiger partial charge in [-0.3, -0.25) is 0 Å². The average Bonchev–Trinajstić information content (AvgIpc) is 2.63. The molecule has 0 radical (unpaired) electrons. The van der Waals surface area contributed by atoms with E-state index < -0.39 is 0 Å². The van der Waals surface area contributed by atoms with Crippen molar-refractivity contribution in [3.05, 3.63) is 65.2 Å². The second kappa shape index (κ2) is 8.06. The topological polar surface area (TPSA) is 9.23 Å². The van der Waals surface area contributed by atoms with E-state index in [1.165, 1.54) is 36.8 Å². The zero-order valence-electron chi connectivity index (χ0n) is 14.7. The van der Waals surface area contributed by atoms with E-state index in [0.717, 1.165) is 11.3 Å². The van der Waals surface area contributed by atoms with E-state index in [9.17, 15) is 0 Å². The first-order valence-electron chi connectivity index (χ1n) is 9.05. The first kappa shape index (κ1) is 16.7. The van der Waals surface area contributed by atoms with Crippen LogP contribution in [-0.4, -0.2) is 6.61 Å².